The fourth-order valence-electron chi connectivity index (χ4n) is 3.54. The molecule has 3 rings (SSSR count). The summed E-state index contributed by atoms with van der Waals surface area (Å²) in [5.41, 5.74) is 1.44. The van der Waals surface area contributed by atoms with E-state index in [1.54, 1.807) is 6.07 Å². The van der Waals surface area contributed by atoms with Crippen LogP contribution in [0, 0.1) is 5.82 Å². The molecule has 1 aliphatic rings. The monoisotopic (exact) mass is 447 g/mol. The number of carbonyl (C=O) groups is 2. The first-order valence-corrected chi connectivity index (χ1v) is 11.5. The Balaban J connectivity index is 1.73. The fraction of sp³-hybridized carbons (Fsp3) is 0.364. The Kier molecular flexibility index (Phi) is 7.07. The number of nitrogens with zero attached hydrogens (tertiary/aromatic N) is 2. The number of ketones is 1. The second kappa shape index (κ2) is 9.57. The van der Waals surface area contributed by atoms with Gasteiger partial charge in [-0.1, -0.05) is 12.1 Å². The Morgan fingerprint density at radius 3 is 2.32 bits per heavy atom. The predicted octanol–water partition coefficient (Wildman–Crippen LogP) is 3.28. The molecule has 0 bridgehead atoms. The maximum absolute atomic E-state index is 13.8. The SMILES string of the molecule is CC(=O)c1ccc(S(=O)(=O)N(C)CC(=O)Nc2cc(F)ccc2N2CCCCC2)cc1. The number of Topliss-reactive ketones (excluding diaryl/α,β-unsaturated/α-hetero) is 1. The Hall–Kier alpha value is -2.78. The number of anilines is 2. The molecule has 1 amide bonds. The van der Waals surface area contributed by atoms with E-state index in [1.807, 2.05) is 0 Å². The van der Waals surface area contributed by atoms with Crippen LogP contribution in [-0.2, 0) is 14.8 Å². The van der Waals surface area contributed by atoms with Gasteiger partial charge < -0.3 is 10.2 Å². The number of amides is 1. The third-order valence-corrected chi connectivity index (χ3v) is 7.08. The molecule has 0 atom stereocenters. The molecule has 1 fully saturated rings. The summed E-state index contributed by atoms with van der Waals surface area (Å²) in [6.45, 7) is 2.59. The smallest absolute Gasteiger partial charge is 0.243 e. The number of benzene rings is 2. The third kappa shape index (κ3) is 5.48. The van der Waals surface area contributed by atoms with Crippen molar-refractivity contribution in [2.45, 2.75) is 31.1 Å². The second-order valence-corrected chi connectivity index (χ2v) is 9.64. The molecule has 166 valence electrons. The summed E-state index contributed by atoms with van der Waals surface area (Å²) in [4.78, 5) is 26.0. The quantitative estimate of drug-likeness (QED) is 0.659. The highest BCUT2D eigenvalue weighted by molar-refractivity contribution is 7.89. The van der Waals surface area contributed by atoms with Crippen molar-refractivity contribution in [1.29, 1.82) is 0 Å². The van der Waals surface area contributed by atoms with E-state index < -0.39 is 28.3 Å². The number of nitrogens with one attached hydrogen (secondary N) is 1. The van der Waals surface area contributed by atoms with E-state index in [9.17, 15) is 22.4 Å². The lowest BCUT2D eigenvalue weighted by Crippen LogP contribution is -2.35. The fourth-order valence-corrected chi connectivity index (χ4v) is 4.66. The molecular formula is C22H26FN3O4S. The highest BCUT2D eigenvalue weighted by Crippen LogP contribution is 2.29. The van der Waals surface area contributed by atoms with Crippen LogP contribution >= 0.6 is 0 Å². The van der Waals surface area contributed by atoms with Crippen LogP contribution in [0.2, 0.25) is 0 Å². The Morgan fingerprint density at radius 1 is 1.06 bits per heavy atom. The van der Waals surface area contributed by atoms with Crippen LogP contribution in [0.3, 0.4) is 0 Å². The van der Waals surface area contributed by atoms with Crippen LogP contribution in [0.4, 0.5) is 15.8 Å². The van der Waals surface area contributed by atoms with Crippen LogP contribution in [0.1, 0.15) is 36.5 Å². The van der Waals surface area contributed by atoms with E-state index in [-0.39, 0.29) is 10.7 Å². The minimum absolute atomic E-state index is 0.0208. The Labute approximate surface area is 181 Å². The molecule has 1 heterocycles. The summed E-state index contributed by atoms with van der Waals surface area (Å²) in [7, 11) is -2.63. The van der Waals surface area contributed by atoms with E-state index in [4.69, 9.17) is 0 Å². The van der Waals surface area contributed by atoms with Gasteiger partial charge in [0.05, 0.1) is 22.8 Å². The van der Waals surface area contributed by atoms with Gasteiger partial charge in [-0.3, -0.25) is 9.59 Å². The van der Waals surface area contributed by atoms with Gasteiger partial charge in [0.2, 0.25) is 15.9 Å². The highest BCUT2D eigenvalue weighted by atomic mass is 32.2. The molecule has 0 saturated carbocycles. The zero-order valence-electron chi connectivity index (χ0n) is 17.6. The maximum Gasteiger partial charge on any atom is 0.243 e. The second-order valence-electron chi connectivity index (χ2n) is 7.60. The zero-order valence-corrected chi connectivity index (χ0v) is 18.4. The lowest BCUT2D eigenvalue weighted by atomic mass is 10.1. The molecule has 0 aliphatic carbocycles. The first-order valence-electron chi connectivity index (χ1n) is 10.1. The van der Waals surface area contributed by atoms with E-state index in [0.717, 1.165) is 42.3 Å². The number of rotatable bonds is 7. The molecule has 2 aromatic rings. The van der Waals surface area contributed by atoms with Crippen molar-refractivity contribution >= 4 is 33.1 Å². The largest absolute Gasteiger partial charge is 0.370 e. The molecule has 0 aromatic heterocycles. The number of hydrogen-bond donors (Lipinski definition) is 1. The maximum atomic E-state index is 13.8. The highest BCUT2D eigenvalue weighted by Gasteiger charge is 2.24. The lowest BCUT2D eigenvalue weighted by molar-refractivity contribution is -0.116. The van der Waals surface area contributed by atoms with Crippen molar-refractivity contribution in [3.8, 4) is 0 Å². The van der Waals surface area contributed by atoms with Crippen molar-refractivity contribution < 1.29 is 22.4 Å². The molecule has 7 nitrogen and oxygen atoms in total. The van der Waals surface area contributed by atoms with Gasteiger partial charge in [-0.2, -0.15) is 4.31 Å². The van der Waals surface area contributed by atoms with Crippen molar-refractivity contribution in [3.63, 3.8) is 0 Å². The summed E-state index contributed by atoms with van der Waals surface area (Å²) in [6.07, 6.45) is 3.18. The van der Waals surface area contributed by atoms with Gasteiger partial charge in [-0.25, -0.2) is 12.8 Å². The molecular weight excluding hydrogens is 421 g/mol. The minimum atomic E-state index is -3.93. The standard InChI is InChI=1S/C22H26FN3O4S/c1-16(27)17-6-9-19(10-7-17)31(29,30)25(2)15-22(28)24-20-14-18(23)8-11-21(20)26-12-4-3-5-13-26/h6-11,14H,3-5,12-13,15H2,1-2H3,(H,24,28). The average molecular weight is 448 g/mol. The van der Waals surface area contributed by atoms with Gasteiger partial charge in [-0.15, -0.1) is 0 Å². The summed E-state index contributed by atoms with van der Waals surface area (Å²) < 4.78 is 40.3. The number of halogens is 1. The van der Waals surface area contributed by atoms with Crippen LogP contribution in [0.15, 0.2) is 47.4 Å². The van der Waals surface area contributed by atoms with Crippen LogP contribution < -0.4 is 10.2 Å². The zero-order chi connectivity index (χ0) is 22.6. The normalized spacial score (nSPS) is 14.5. The third-order valence-electron chi connectivity index (χ3n) is 5.26. The van der Waals surface area contributed by atoms with Gasteiger partial charge in [0.25, 0.3) is 0 Å². The number of hydrogen-bond acceptors (Lipinski definition) is 5. The molecule has 1 N–H and O–H groups in total. The molecule has 0 radical (unpaired) electrons. The van der Waals surface area contributed by atoms with Gasteiger partial charge >= 0.3 is 0 Å². The molecule has 9 heteroatoms. The number of carbonyl (C=O) groups excluding carboxylic acids is 2. The molecule has 0 unspecified atom stereocenters. The van der Waals surface area contributed by atoms with Gasteiger partial charge in [0, 0.05) is 25.7 Å². The molecule has 1 saturated heterocycles. The van der Waals surface area contributed by atoms with Crippen molar-refractivity contribution in [1.82, 2.24) is 4.31 Å². The summed E-state index contributed by atoms with van der Waals surface area (Å²) in [6, 6.07) is 9.76. The number of piperidine rings is 1. The van der Waals surface area contributed by atoms with Gasteiger partial charge in [0.15, 0.2) is 5.78 Å². The summed E-state index contributed by atoms with van der Waals surface area (Å²) >= 11 is 0. The predicted molar refractivity (Wildman–Crippen MR) is 117 cm³/mol. The number of likely N-dealkylation sites (N-methyl/N-ethyl adjacent to an activating group) is 1. The Morgan fingerprint density at radius 2 is 1.71 bits per heavy atom. The van der Waals surface area contributed by atoms with Crippen molar-refractivity contribution in [2.75, 3.05) is 36.9 Å². The van der Waals surface area contributed by atoms with E-state index in [2.05, 4.69) is 10.2 Å². The lowest BCUT2D eigenvalue weighted by Gasteiger charge is -2.30. The summed E-state index contributed by atoms with van der Waals surface area (Å²) in [5, 5.41) is 2.66. The first kappa shape index (κ1) is 22.9. The summed E-state index contributed by atoms with van der Waals surface area (Å²) in [5.74, 6) is -1.23. The van der Waals surface area contributed by atoms with Crippen LogP contribution in [-0.4, -0.2) is 51.1 Å². The molecule has 2 aromatic carbocycles. The first-order chi connectivity index (χ1) is 14.7. The van der Waals surface area contributed by atoms with Gasteiger partial charge in [0.1, 0.15) is 5.82 Å². The average Bonchev–Trinajstić information content (AvgIpc) is 2.74. The van der Waals surface area contributed by atoms with Crippen LogP contribution in [0.25, 0.3) is 0 Å². The molecule has 1 aliphatic heterocycles. The molecule has 0 spiro atoms. The number of sulfonamides is 1. The van der Waals surface area contributed by atoms with E-state index >= 15 is 0 Å². The van der Waals surface area contributed by atoms with Crippen molar-refractivity contribution in [3.05, 3.63) is 53.8 Å². The Bertz CT molecular complexity index is 1060. The van der Waals surface area contributed by atoms with E-state index in [1.165, 1.54) is 50.4 Å². The van der Waals surface area contributed by atoms with Crippen LogP contribution in [0.5, 0.6) is 0 Å². The minimum Gasteiger partial charge on any atom is -0.370 e. The topological polar surface area (TPSA) is 86.8 Å². The van der Waals surface area contributed by atoms with E-state index in [0.29, 0.717) is 11.3 Å². The molecule has 31 heavy (non-hydrogen) atoms. The van der Waals surface area contributed by atoms with Crippen molar-refractivity contribution in [2.24, 2.45) is 0 Å². The van der Waals surface area contributed by atoms with Gasteiger partial charge in [-0.05, 0) is 56.5 Å².